The fourth-order valence-corrected chi connectivity index (χ4v) is 2.41. The normalized spacial score (nSPS) is 19.5. The Hall–Kier alpha value is -0.525. The zero-order chi connectivity index (χ0) is 10.4. The molecule has 0 heterocycles. The Morgan fingerprint density at radius 1 is 1.21 bits per heavy atom. The maximum absolute atomic E-state index is 11.5. The van der Waals surface area contributed by atoms with Crippen molar-refractivity contribution in [2.24, 2.45) is 0 Å². The summed E-state index contributed by atoms with van der Waals surface area (Å²) < 4.78 is 0. The van der Waals surface area contributed by atoms with Crippen LogP contribution in [0.2, 0.25) is 12.6 Å². The van der Waals surface area contributed by atoms with E-state index in [4.69, 9.17) is 0 Å². The van der Waals surface area contributed by atoms with Gasteiger partial charge in [0.05, 0.1) is 0 Å². The Balaban J connectivity index is 2.46. The van der Waals surface area contributed by atoms with Gasteiger partial charge >= 0.3 is 0 Å². The minimum Gasteiger partial charge on any atom is -0.306 e. The van der Waals surface area contributed by atoms with E-state index in [1.165, 1.54) is 51.0 Å². The number of carbonyl (C=O) groups is 1. The van der Waals surface area contributed by atoms with Crippen LogP contribution in [0.25, 0.3) is 0 Å². The Kier molecular flexibility index (Phi) is 4.99. The molecule has 1 aliphatic carbocycles. The average molecular weight is 192 g/mol. The lowest BCUT2D eigenvalue weighted by Crippen LogP contribution is -2.27. The van der Waals surface area contributed by atoms with Crippen LogP contribution in [0.3, 0.4) is 0 Å². The molecule has 1 fully saturated rings. The van der Waals surface area contributed by atoms with Gasteiger partial charge in [0.1, 0.15) is 5.68 Å². The van der Waals surface area contributed by atoms with Crippen molar-refractivity contribution in [3.63, 3.8) is 0 Å². The van der Waals surface area contributed by atoms with E-state index in [1.807, 2.05) is 0 Å². The lowest BCUT2D eigenvalue weighted by Gasteiger charge is -2.21. The van der Waals surface area contributed by atoms with Crippen molar-refractivity contribution in [1.82, 2.24) is 0 Å². The number of hydrogen-bond acceptors (Lipinski definition) is 1. The first-order valence-corrected chi connectivity index (χ1v) is 5.92. The zero-order valence-electron chi connectivity index (χ0n) is 9.30. The Labute approximate surface area is 88.0 Å². The van der Waals surface area contributed by atoms with Gasteiger partial charge in [-0.05, 0) is 6.08 Å². The van der Waals surface area contributed by atoms with Crippen LogP contribution in [0.15, 0.2) is 12.7 Å². The molecular formula is C12H21BO. The van der Waals surface area contributed by atoms with Gasteiger partial charge in [0, 0.05) is 0 Å². The van der Waals surface area contributed by atoms with Crippen LogP contribution < -0.4 is 0 Å². The first-order chi connectivity index (χ1) is 6.75. The molecule has 1 rings (SSSR count). The second-order valence-corrected chi connectivity index (χ2v) is 4.50. The van der Waals surface area contributed by atoms with Crippen LogP contribution >= 0.6 is 0 Å². The van der Waals surface area contributed by atoms with Crippen LogP contribution in [-0.2, 0) is 4.79 Å². The first-order valence-electron chi connectivity index (χ1n) is 5.92. The third kappa shape index (κ3) is 3.32. The van der Waals surface area contributed by atoms with Crippen molar-refractivity contribution in [2.45, 2.75) is 57.6 Å². The molecule has 1 nitrogen and oxygen atoms in total. The molecule has 2 heteroatoms. The Morgan fingerprint density at radius 3 is 2.21 bits per heavy atom. The summed E-state index contributed by atoms with van der Waals surface area (Å²) >= 11 is 0. The lowest BCUT2D eigenvalue weighted by molar-refractivity contribution is -0.108. The summed E-state index contributed by atoms with van der Waals surface area (Å²) in [5, 5.41) is 0. The summed E-state index contributed by atoms with van der Waals surface area (Å²) in [7, 11) is 0. The average Bonchev–Trinajstić information content (AvgIpc) is 2.15. The fraction of sp³-hybridized carbons (Fsp3) is 0.750. The molecule has 1 aliphatic rings. The maximum Gasteiger partial charge on any atom is 0.229 e. The highest BCUT2D eigenvalue weighted by Gasteiger charge is 2.25. The molecule has 0 amide bonds. The van der Waals surface area contributed by atoms with Gasteiger partial charge in [0.25, 0.3) is 0 Å². The van der Waals surface area contributed by atoms with E-state index in [1.54, 1.807) is 0 Å². The number of allylic oxidation sites excluding steroid dienone is 1. The highest BCUT2D eigenvalue weighted by molar-refractivity contribution is 6.91. The van der Waals surface area contributed by atoms with Crippen molar-refractivity contribution < 1.29 is 4.79 Å². The van der Waals surface area contributed by atoms with E-state index in [-0.39, 0.29) is 12.4 Å². The highest BCUT2D eigenvalue weighted by Crippen LogP contribution is 2.29. The second kappa shape index (κ2) is 6.05. The lowest BCUT2D eigenvalue weighted by atomic mass is 9.38. The standard InChI is InChI=1S/C12H21BO/c1-3-12(14)13(2)11-9-7-5-4-6-8-10-11/h3,11H,1,4-10H2,2H3. The van der Waals surface area contributed by atoms with Crippen molar-refractivity contribution >= 4 is 12.4 Å². The van der Waals surface area contributed by atoms with E-state index in [0.29, 0.717) is 5.82 Å². The molecular weight excluding hydrogens is 171 g/mol. The van der Waals surface area contributed by atoms with E-state index >= 15 is 0 Å². The van der Waals surface area contributed by atoms with E-state index in [0.717, 1.165) is 0 Å². The molecule has 1 saturated carbocycles. The van der Waals surface area contributed by atoms with Crippen molar-refractivity contribution in [1.29, 1.82) is 0 Å². The molecule has 0 atom stereocenters. The van der Waals surface area contributed by atoms with Gasteiger partial charge in [-0.25, -0.2) is 0 Å². The van der Waals surface area contributed by atoms with Crippen LogP contribution in [0.4, 0.5) is 0 Å². The molecule has 0 radical (unpaired) electrons. The molecule has 0 bridgehead atoms. The van der Waals surface area contributed by atoms with Gasteiger partial charge < -0.3 is 4.79 Å². The molecule has 0 aromatic rings. The first kappa shape index (κ1) is 11.5. The topological polar surface area (TPSA) is 17.1 Å². The van der Waals surface area contributed by atoms with Gasteiger partial charge in [0.2, 0.25) is 6.71 Å². The maximum atomic E-state index is 11.5. The van der Waals surface area contributed by atoms with Crippen LogP contribution in [-0.4, -0.2) is 12.4 Å². The zero-order valence-corrected chi connectivity index (χ0v) is 9.30. The summed E-state index contributed by atoms with van der Waals surface area (Å²) in [4.78, 5) is 11.5. The van der Waals surface area contributed by atoms with Gasteiger partial charge in [-0.2, -0.15) is 0 Å². The van der Waals surface area contributed by atoms with Gasteiger partial charge in [-0.1, -0.05) is 64.2 Å². The molecule has 78 valence electrons. The fourth-order valence-electron chi connectivity index (χ4n) is 2.41. The van der Waals surface area contributed by atoms with Crippen molar-refractivity contribution in [2.75, 3.05) is 0 Å². The monoisotopic (exact) mass is 192 g/mol. The summed E-state index contributed by atoms with van der Waals surface area (Å²) in [6, 6.07) is 0. The molecule has 0 saturated heterocycles. The molecule has 0 aromatic heterocycles. The van der Waals surface area contributed by atoms with Crippen LogP contribution in [0, 0.1) is 0 Å². The summed E-state index contributed by atoms with van der Waals surface area (Å²) in [6.07, 6.45) is 10.7. The summed E-state index contributed by atoms with van der Waals surface area (Å²) in [5.74, 6) is 0.612. The van der Waals surface area contributed by atoms with E-state index in [2.05, 4.69) is 13.4 Å². The van der Waals surface area contributed by atoms with E-state index in [9.17, 15) is 4.79 Å². The largest absolute Gasteiger partial charge is 0.306 e. The SMILES string of the molecule is C=CC(=O)B(C)C1CCCCCCC1. The highest BCUT2D eigenvalue weighted by atomic mass is 16.1. The van der Waals surface area contributed by atoms with E-state index < -0.39 is 0 Å². The quantitative estimate of drug-likeness (QED) is 0.493. The Morgan fingerprint density at radius 2 is 1.71 bits per heavy atom. The predicted octanol–water partition coefficient (Wildman–Crippen LogP) is 3.52. The molecule has 0 aliphatic heterocycles. The minimum atomic E-state index is 0.200. The number of rotatable bonds is 3. The molecule has 0 spiro atoms. The third-order valence-corrected chi connectivity index (χ3v) is 3.51. The molecule has 0 aromatic carbocycles. The minimum absolute atomic E-state index is 0.200. The van der Waals surface area contributed by atoms with Crippen LogP contribution in [0.5, 0.6) is 0 Å². The molecule has 0 N–H and O–H groups in total. The predicted molar refractivity (Wildman–Crippen MR) is 62.9 cm³/mol. The van der Waals surface area contributed by atoms with Gasteiger partial charge in [-0.15, -0.1) is 0 Å². The number of carbonyl (C=O) groups excluding carboxylic acids is 1. The van der Waals surface area contributed by atoms with Gasteiger partial charge in [-0.3, -0.25) is 0 Å². The Bertz CT molecular complexity index is 192. The molecule has 0 unspecified atom stereocenters. The summed E-state index contributed by atoms with van der Waals surface area (Å²) in [6.45, 7) is 5.83. The van der Waals surface area contributed by atoms with Crippen LogP contribution in [0.1, 0.15) is 44.9 Å². The summed E-state index contributed by atoms with van der Waals surface area (Å²) in [5.41, 5.74) is 0.232. The van der Waals surface area contributed by atoms with Crippen molar-refractivity contribution in [3.8, 4) is 0 Å². The molecule has 14 heavy (non-hydrogen) atoms. The smallest absolute Gasteiger partial charge is 0.229 e. The third-order valence-electron chi connectivity index (χ3n) is 3.51. The number of hydrogen-bond donors (Lipinski definition) is 0. The van der Waals surface area contributed by atoms with Crippen molar-refractivity contribution in [3.05, 3.63) is 12.7 Å². The second-order valence-electron chi connectivity index (χ2n) is 4.50. The van der Waals surface area contributed by atoms with Gasteiger partial charge in [0.15, 0.2) is 0 Å².